The van der Waals surface area contributed by atoms with Gasteiger partial charge in [-0.25, -0.2) is 9.37 Å². The summed E-state index contributed by atoms with van der Waals surface area (Å²) in [5.41, 5.74) is 0.694. The van der Waals surface area contributed by atoms with Crippen LogP contribution in [-0.2, 0) is 22.4 Å². The first-order chi connectivity index (χ1) is 16.5. The number of ether oxygens (including phenoxy) is 1. The van der Waals surface area contributed by atoms with Crippen LogP contribution in [0.2, 0.25) is 0 Å². The van der Waals surface area contributed by atoms with Gasteiger partial charge in [0.2, 0.25) is 0 Å². The number of nitrogens with one attached hydrogen (secondary N) is 1. The molecule has 1 aliphatic carbocycles. The molecule has 0 radical (unpaired) electrons. The fourth-order valence-electron chi connectivity index (χ4n) is 4.18. The fourth-order valence-corrected chi connectivity index (χ4v) is 5.19. The van der Waals surface area contributed by atoms with Crippen LogP contribution in [0.1, 0.15) is 30.4 Å². The highest BCUT2D eigenvalue weighted by molar-refractivity contribution is 7.99. The molecule has 0 spiro atoms. The second kappa shape index (κ2) is 9.58. The number of ketones is 2. The Morgan fingerprint density at radius 1 is 0.971 bits per heavy atom. The van der Waals surface area contributed by atoms with Crippen molar-refractivity contribution >= 4 is 29.1 Å². The Kier molecular flexibility index (Phi) is 6.37. The highest BCUT2D eigenvalue weighted by atomic mass is 32.2. The Morgan fingerprint density at radius 2 is 1.62 bits per heavy atom. The van der Waals surface area contributed by atoms with Crippen LogP contribution in [0.5, 0.6) is 11.5 Å². The maximum Gasteiger partial charge on any atom is 0.150 e. The minimum absolute atomic E-state index is 0.0461. The van der Waals surface area contributed by atoms with E-state index >= 15 is 0 Å². The summed E-state index contributed by atoms with van der Waals surface area (Å²) in [5, 5.41) is 3.34. The van der Waals surface area contributed by atoms with Crippen molar-refractivity contribution in [3.8, 4) is 11.5 Å². The molecule has 3 aromatic rings. The molecule has 0 atom stereocenters. The van der Waals surface area contributed by atoms with Crippen LogP contribution in [0.4, 0.5) is 10.2 Å². The monoisotopic (exact) mass is 476 g/mol. The van der Waals surface area contributed by atoms with Gasteiger partial charge in [0, 0.05) is 31.6 Å². The summed E-state index contributed by atoms with van der Waals surface area (Å²) in [6, 6.07) is 15.2. The molecule has 34 heavy (non-hydrogen) atoms. The predicted octanol–water partition coefficient (Wildman–Crippen LogP) is 5.62. The molecule has 0 unspecified atom stereocenters. The number of hydrogen-bond acceptors (Lipinski definition) is 6. The molecule has 0 bridgehead atoms. The normalized spacial score (nSPS) is 16.0. The van der Waals surface area contributed by atoms with E-state index in [1.54, 1.807) is 30.1 Å². The Morgan fingerprint density at radius 3 is 2.26 bits per heavy atom. The van der Waals surface area contributed by atoms with Crippen LogP contribution in [-0.4, -0.2) is 28.8 Å². The van der Waals surface area contributed by atoms with Gasteiger partial charge in [-0.05, 0) is 60.4 Å². The lowest BCUT2D eigenvalue weighted by Gasteiger charge is -2.14. The Hall–Kier alpha value is -3.19. The van der Waals surface area contributed by atoms with Gasteiger partial charge in [0.05, 0.1) is 10.3 Å². The summed E-state index contributed by atoms with van der Waals surface area (Å²) < 4.78 is 19.2. The van der Waals surface area contributed by atoms with Gasteiger partial charge in [0.1, 0.15) is 23.1 Å². The number of thioether (sulfide) groups is 1. The van der Waals surface area contributed by atoms with E-state index in [2.05, 4.69) is 10.3 Å². The molecule has 7 heteroatoms. The average Bonchev–Trinajstić information content (AvgIpc) is 3.67. The number of hydrogen-bond donors (Lipinski definition) is 1. The quantitative estimate of drug-likeness (QED) is 0.426. The summed E-state index contributed by atoms with van der Waals surface area (Å²) >= 11 is 1.74. The van der Waals surface area contributed by atoms with Gasteiger partial charge < -0.3 is 10.1 Å². The molecule has 1 saturated carbocycles. The van der Waals surface area contributed by atoms with E-state index in [4.69, 9.17) is 4.74 Å². The van der Waals surface area contributed by atoms with Gasteiger partial charge >= 0.3 is 0 Å². The largest absolute Gasteiger partial charge is 0.456 e. The van der Waals surface area contributed by atoms with Crippen molar-refractivity contribution in [2.45, 2.75) is 37.0 Å². The van der Waals surface area contributed by atoms with Crippen molar-refractivity contribution in [2.24, 2.45) is 5.41 Å². The molecule has 1 aliphatic heterocycles. The van der Waals surface area contributed by atoms with Crippen molar-refractivity contribution < 1.29 is 18.7 Å². The van der Waals surface area contributed by atoms with Gasteiger partial charge in [-0.1, -0.05) is 24.3 Å². The smallest absolute Gasteiger partial charge is 0.150 e. The molecular formula is C27H25FN2O3S. The van der Waals surface area contributed by atoms with Crippen molar-refractivity contribution in [3.05, 3.63) is 77.7 Å². The van der Waals surface area contributed by atoms with E-state index in [1.165, 1.54) is 12.1 Å². The Bertz CT molecular complexity index is 1210. The molecule has 5 nitrogen and oxygen atoms in total. The van der Waals surface area contributed by atoms with Crippen molar-refractivity contribution in [2.75, 3.05) is 17.6 Å². The van der Waals surface area contributed by atoms with Crippen molar-refractivity contribution in [3.63, 3.8) is 0 Å². The van der Waals surface area contributed by atoms with E-state index in [0.29, 0.717) is 18.6 Å². The molecule has 1 aromatic heterocycles. The molecule has 0 amide bonds. The first-order valence-electron chi connectivity index (χ1n) is 11.5. The van der Waals surface area contributed by atoms with E-state index in [0.717, 1.165) is 46.3 Å². The van der Waals surface area contributed by atoms with Crippen LogP contribution < -0.4 is 10.1 Å². The summed E-state index contributed by atoms with van der Waals surface area (Å²) in [6.07, 6.45) is 4.34. The number of benzene rings is 2. The van der Waals surface area contributed by atoms with Gasteiger partial charge in [0.25, 0.3) is 0 Å². The minimum atomic E-state index is -0.887. The molecule has 5 rings (SSSR count). The Balaban J connectivity index is 1.23. The van der Waals surface area contributed by atoms with Gasteiger partial charge in [-0.2, -0.15) is 0 Å². The standard InChI is InChI=1S/C27H25FN2O3S/c28-20-6-2-18(3-7-20)16-23(31)27(11-12-27)24(32)17-19-4-8-21(9-5-19)33-22-10-14-30-26-25(22)34-15-1-13-29-26/h2-10,14H,1,11-13,15-17H2,(H,29,30). The lowest BCUT2D eigenvalue weighted by Crippen LogP contribution is -2.28. The number of halogens is 1. The number of pyridine rings is 1. The van der Waals surface area contributed by atoms with E-state index in [-0.39, 0.29) is 30.2 Å². The third-order valence-corrected chi connectivity index (χ3v) is 7.52. The summed E-state index contributed by atoms with van der Waals surface area (Å²) in [5.74, 6) is 2.84. The van der Waals surface area contributed by atoms with Crippen LogP contribution in [0.15, 0.2) is 65.7 Å². The van der Waals surface area contributed by atoms with Crippen LogP contribution in [0, 0.1) is 11.2 Å². The maximum atomic E-state index is 13.1. The second-order valence-corrected chi connectivity index (χ2v) is 9.88. The number of nitrogens with zero attached hydrogens (tertiary/aromatic N) is 1. The minimum Gasteiger partial charge on any atom is -0.456 e. The van der Waals surface area contributed by atoms with Gasteiger partial charge in [-0.15, -0.1) is 11.8 Å². The SMILES string of the molecule is O=C(Cc1ccc(F)cc1)C1(C(=O)Cc2ccc(Oc3ccnc4c3SCCCN4)cc2)CC1. The van der Waals surface area contributed by atoms with Crippen LogP contribution in [0.3, 0.4) is 0 Å². The third kappa shape index (κ3) is 4.85. The zero-order chi connectivity index (χ0) is 23.5. The highest BCUT2D eigenvalue weighted by Gasteiger charge is 2.54. The molecule has 174 valence electrons. The molecule has 2 aliphatic rings. The first-order valence-corrected chi connectivity index (χ1v) is 12.5. The average molecular weight is 477 g/mol. The van der Waals surface area contributed by atoms with Crippen molar-refractivity contribution in [1.82, 2.24) is 4.98 Å². The molecular weight excluding hydrogens is 451 g/mol. The topological polar surface area (TPSA) is 68.3 Å². The van der Waals surface area contributed by atoms with Crippen LogP contribution in [0.25, 0.3) is 0 Å². The molecule has 0 saturated heterocycles. The number of carbonyl (C=O) groups is 2. The van der Waals surface area contributed by atoms with E-state index in [9.17, 15) is 14.0 Å². The van der Waals surface area contributed by atoms with E-state index in [1.807, 2.05) is 30.3 Å². The zero-order valence-corrected chi connectivity index (χ0v) is 19.5. The first kappa shape index (κ1) is 22.6. The fraction of sp³-hybridized carbons (Fsp3) is 0.296. The van der Waals surface area contributed by atoms with Gasteiger partial charge in [-0.3, -0.25) is 9.59 Å². The Labute approximate surface area is 202 Å². The molecule has 1 fully saturated rings. The van der Waals surface area contributed by atoms with Crippen molar-refractivity contribution in [1.29, 1.82) is 0 Å². The zero-order valence-electron chi connectivity index (χ0n) is 18.7. The van der Waals surface area contributed by atoms with E-state index < -0.39 is 5.41 Å². The maximum absolute atomic E-state index is 13.1. The number of aromatic nitrogens is 1. The summed E-state index contributed by atoms with van der Waals surface area (Å²) in [6.45, 7) is 0.896. The molecule has 2 aromatic carbocycles. The predicted molar refractivity (Wildman–Crippen MR) is 130 cm³/mol. The lowest BCUT2D eigenvalue weighted by atomic mass is 9.88. The molecule has 2 heterocycles. The summed E-state index contributed by atoms with van der Waals surface area (Å²) in [4.78, 5) is 31.3. The summed E-state index contributed by atoms with van der Waals surface area (Å²) in [7, 11) is 0. The van der Waals surface area contributed by atoms with Crippen LogP contribution >= 0.6 is 11.8 Å². The highest BCUT2D eigenvalue weighted by Crippen LogP contribution is 2.49. The third-order valence-electron chi connectivity index (χ3n) is 6.34. The number of rotatable bonds is 8. The number of carbonyl (C=O) groups excluding carboxylic acids is 2. The van der Waals surface area contributed by atoms with Gasteiger partial charge in [0.15, 0.2) is 11.6 Å². The second-order valence-electron chi connectivity index (χ2n) is 8.77. The number of fused-ring (bicyclic) bond motifs is 1. The lowest BCUT2D eigenvalue weighted by molar-refractivity contribution is -0.133. The molecule has 1 N–H and O–H groups in total. The number of Topliss-reactive ketones (excluding diaryl/α,β-unsaturated/α-hetero) is 2. The number of anilines is 1.